The van der Waals surface area contributed by atoms with Gasteiger partial charge in [0.25, 0.3) is 0 Å². The molecule has 12 heteroatoms. The Morgan fingerprint density at radius 1 is 1.32 bits per heavy atom. The molecule has 3 rings (SSSR count). The SMILES string of the molecule is CCS(=O)(=O)c1ccc(Oc2ccnc(N3CCC(C(=O)O)CC3)c2[N+](=O)[O-])c(N)c1. The number of carboxylic acid groups (broad SMARTS) is 1. The molecule has 1 aromatic heterocycles. The minimum absolute atomic E-state index is 0.0180. The molecule has 0 radical (unpaired) electrons. The number of nitrogen functional groups attached to an aromatic ring is 1. The molecule has 1 aliphatic heterocycles. The maximum Gasteiger partial charge on any atom is 0.353 e. The van der Waals surface area contributed by atoms with Crippen molar-refractivity contribution in [3.63, 3.8) is 0 Å². The number of rotatable bonds is 7. The molecule has 1 aromatic carbocycles. The molecule has 2 heterocycles. The number of nitrogens with zero attached hydrogens (tertiary/aromatic N) is 3. The molecule has 0 amide bonds. The first-order valence-electron chi connectivity index (χ1n) is 9.55. The maximum absolute atomic E-state index is 12.0. The topological polar surface area (TPSA) is 166 Å². The fraction of sp³-hybridized carbons (Fsp3) is 0.368. The zero-order valence-corrected chi connectivity index (χ0v) is 17.5. The van der Waals surface area contributed by atoms with Crippen LogP contribution in [0.4, 0.5) is 17.2 Å². The van der Waals surface area contributed by atoms with Crippen LogP contribution in [-0.2, 0) is 14.6 Å². The largest absolute Gasteiger partial charge is 0.481 e. The number of carboxylic acids is 1. The average molecular weight is 450 g/mol. The number of sulfone groups is 1. The van der Waals surface area contributed by atoms with E-state index < -0.39 is 26.6 Å². The molecule has 0 bridgehead atoms. The Bertz CT molecular complexity index is 1110. The smallest absolute Gasteiger partial charge is 0.353 e. The van der Waals surface area contributed by atoms with Crippen molar-refractivity contribution in [3.8, 4) is 11.5 Å². The fourth-order valence-corrected chi connectivity index (χ4v) is 4.26. The predicted molar refractivity (Wildman–Crippen MR) is 112 cm³/mol. The monoisotopic (exact) mass is 450 g/mol. The molecule has 11 nitrogen and oxygen atoms in total. The van der Waals surface area contributed by atoms with Gasteiger partial charge in [-0.05, 0) is 31.0 Å². The van der Waals surface area contributed by atoms with E-state index in [-0.39, 0.29) is 39.3 Å². The molecule has 1 fully saturated rings. The van der Waals surface area contributed by atoms with Gasteiger partial charge in [0.1, 0.15) is 0 Å². The van der Waals surface area contributed by atoms with Crippen molar-refractivity contribution >= 4 is 33.0 Å². The molecule has 0 aliphatic carbocycles. The first-order valence-corrected chi connectivity index (χ1v) is 11.2. The minimum Gasteiger partial charge on any atom is -0.481 e. The van der Waals surface area contributed by atoms with Gasteiger partial charge >= 0.3 is 11.7 Å². The molecule has 2 aromatic rings. The van der Waals surface area contributed by atoms with Gasteiger partial charge < -0.3 is 20.5 Å². The second-order valence-corrected chi connectivity index (χ2v) is 9.32. The van der Waals surface area contributed by atoms with Crippen LogP contribution in [0.1, 0.15) is 19.8 Å². The number of piperidine rings is 1. The fourth-order valence-electron chi connectivity index (χ4n) is 3.35. The number of nitro groups is 1. The molecular weight excluding hydrogens is 428 g/mol. The number of nitrogens with two attached hydrogens (primary N) is 1. The normalized spacial score (nSPS) is 14.9. The maximum atomic E-state index is 12.0. The van der Waals surface area contributed by atoms with E-state index in [4.69, 9.17) is 15.6 Å². The third kappa shape index (κ3) is 4.68. The highest BCUT2D eigenvalue weighted by molar-refractivity contribution is 7.91. The van der Waals surface area contributed by atoms with E-state index in [0.717, 1.165) is 0 Å². The van der Waals surface area contributed by atoms with Gasteiger partial charge in [-0.1, -0.05) is 6.92 Å². The lowest BCUT2D eigenvalue weighted by atomic mass is 9.97. The number of aliphatic carboxylic acids is 1. The quantitative estimate of drug-likeness (QED) is 0.363. The number of carbonyl (C=O) groups is 1. The number of aromatic nitrogens is 1. The highest BCUT2D eigenvalue weighted by atomic mass is 32.2. The van der Waals surface area contributed by atoms with Crippen LogP contribution in [0.25, 0.3) is 0 Å². The van der Waals surface area contributed by atoms with Crippen LogP contribution < -0.4 is 15.4 Å². The van der Waals surface area contributed by atoms with Gasteiger partial charge in [0, 0.05) is 25.4 Å². The van der Waals surface area contributed by atoms with E-state index >= 15 is 0 Å². The zero-order chi connectivity index (χ0) is 22.8. The van der Waals surface area contributed by atoms with Crippen LogP contribution in [-0.4, -0.2) is 48.2 Å². The number of ether oxygens (including phenoxy) is 1. The summed E-state index contributed by atoms with van der Waals surface area (Å²) in [5.41, 5.74) is 5.57. The Balaban J connectivity index is 1.92. The van der Waals surface area contributed by atoms with Crippen LogP contribution in [0.5, 0.6) is 11.5 Å². The van der Waals surface area contributed by atoms with Crippen LogP contribution in [0.15, 0.2) is 35.4 Å². The van der Waals surface area contributed by atoms with Gasteiger partial charge in [-0.3, -0.25) is 14.9 Å². The Labute approximate surface area is 178 Å². The summed E-state index contributed by atoms with van der Waals surface area (Å²) in [6.07, 6.45) is 2.05. The lowest BCUT2D eigenvalue weighted by Gasteiger charge is -2.30. The summed E-state index contributed by atoms with van der Waals surface area (Å²) < 4.78 is 29.7. The molecule has 0 saturated carbocycles. The third-order valence-electron chi connectivity index (χ3n) is 5.13. The third-order valence-corrected chi connectivity index (χ3v) is 6.87. The summed E-state index contributed by atoms with van der Waals surface area (Å²) in [6, 6.07) is 5.25. The first kappa shape index (κ1) is 22.3. The van der Waals surface area contributed by atoms with Gasteiger partial charge in [-0.15, -0.1) is 0 Å². The lowest BCUT2D eigenvalue weighted by Crippen LogP contribution is -2.37. The van der Waals surface area contributed by atoms with Gasteiger partial charge in [-0.25, -0.2) is 13.4 Å². The predicted octanol–water partition coefficient (Wildman–Crippen LogP) is 2.46. The summed E-state index contributed by atoms with van der Waals surface area (Å²) in [5.74, 6) is -1.43. The van der Waals surface area contributed by atoms with E-state index in [9.17, 15) is 23.3 Å². The van der Waals surface area contributed by atoms with Crippen molar-refractivity contribution in [3.05, 3.63) is 40.6 Å². The lowest BCUT2D eigenvalue weighted by molar-refractivity contribution is -0.385. The van der Waals surface area contributed by atoms with E-state index in [0.29, 0.717) is 25.9 Å². The summed E-state index contributed by atoms with van der Waals surface area (Å²) in [4.78, 5) is 28.2. The first-order chi connectivity index (χ1) is 14.6. The van der Waals surface area contributed by atoms with Gasteiger partial charge in [-0.2, -0.15) is 0 Å². The summed E-state index contributed by atoms with van der Waals surface area (Å²) in [5, 5.41) is 21.0. The Hall–Kier alpha value is -3.41. The highest BCUT2D eigenvalue weighted by Crippen LogP contribution is 2.40. The number of pyridine rings is 1. The summed E-state index contributed by atoms with van der Waals surface area (Å²) >= 11 is 0. The second-order valence-electron chi connectivity index (χ2n) is 7.04. The molecule has 3 N–H and O–H groups in total. The molecule has 31 heavy (non-hydrogen) atoms. The number of benzene rings is 1. The van der Waals surface area contributed by atoms with Crippen LogP contribution in [0.3, 0.4) is 0 Å². The molecule has 0 unspecified atom stereocenters. The highest BCUT2D eigenvalue weighted by Gasteiger charge is 2.32. The van der Waals surface area contributed by atoms with E-state index in [1.54, 1.807) is 4.90 Å². The van der Waals surface area contributed by atoms with E-state index in [1.165, 1.54) is 37.4 Å². The van der Waals surface area contributed by atoms with Crippen molar-refractivity contribution in [1.29, 1.82) is 0 Å². The number of hydrogen-bond acceptors (Lipinski definition) is 9. The molecule has 166 valence electrons. The standard InChI is InChI=1S/C19H22N4O7S/c1-2-31(28,29)13-3-4-15(14(20)11-13)30-16-5-8-21-18(17(16)23(26)27)22-9-6-12(7-10-22)19(24)25/h3-5,8,11-12H,2,6-7,9-10,20H2,1H3,(H,24,25). The van der Waals surface area contributed by atoms with E-state index in [1.807, 2.05) is 0 Å². The minimum atomic E-state index is -3.47. The van der Waals surface area contributed by atoms with Crippen LogP contribution in [0.2, 0.25) is 0 Å². The number of hydrogen-bond donors (Lipinski definition) is 2. The van der Waals surface area contributed by atoms with Crippen LogP contribution >= 0.6 is 0 Å². The van der Waals surface area contributed by atoms with E-state index in [2.05, 4.69) is 4.98 Å². The van der Waals surface area contributed by atoms with Crippen molar-refractivity contribution < 1.29 is 28.0 Å². The average Bonchev–Trinajstić information content (AvgIpc) is 2.74. The molecule has 1 aliphatic rings. The second kappa shape index (κ2) is 8.76. The zero-order valence-electron chi connectivity index (χ0n) is 16.7. The molecule has 0 atom stereocenters. The van der Waals surface area contributed by atoms with Gasteiger partial charge in [0.2, 0.25) is 11.6 Å². The number of anilines is 2. The Kier molecular flexibility index (Phi) is 6.29. The summed E-state index contributed by atoms with van der Waals surface area (Å²) in [7, 11) is -3.47. The molecule has 1 saturated heterocycles. The van der Waals surface area contributed by atoms with Crippen molar-refractivity contribution in [1.82, 2.24) is 4.98 Å². The van der Waals surface area contributed by atoms with Crippen LogP contribution in [0, 0.1) is 16.0 Å². The Morgan fingerprint density at radius 3 is 2.55 bits per heavy atom. The van der Waals surface area contributed by atoms with Gasteiger partial charge in [0.15, 0.2) is 15.6 Å². The van der Waals surface area contributed by atoms with Crippen molar-refractivity contribution in [2.24, 2.45) is 5.92 Å². The molecule has 0 spiro atoms. The Morgan fingerprint density at radius 2 is 2.00 bits per heavy atom. The summed E-state index contributed by atoms with van der Waals surface area (Å²) in [6.45, 7) is 2.12. The van der Waals surface area contributed by atoms with Crippen molar-refractivity contribution in [2.45, 2.75) is 24.7 Å². The van der Waals surface area contributed by atoms with Crippen molar-refractivity contribution in [2.75, 3.05) is 29.5 Å². The molecular formula is C19H22N4O7S. The van der Waals surface area contributed by atoms with Gasteiger partial charge in [0.05, 0.1) is 27.2 Å².